The molecule has 0 fully saturated rings. The number of aromatic nitrogens is 3. The zero-order chi connectivity index (χ0) is 17.1. The number of aliphatic carboxylic acids is 1. The van der Waals surface area contributed by atoms with E-state index in [-0.39, 0.29) is 11.6 Å². The Hall–Kier alpha value is -2.94. The first-order valence-corrected chi connectivity index (χ1v) is 7.83. The highest BCUT2D eigenvalue weighted by Crippen LogP contribution is 2.29. The third-order valence-corrected chi connectivity index (χ3v) is 4.37. The minimum Gasteiger partial charge on any atom is -0.494 e. The molecule has 0 bridgehead atoms. The van der Waals surface area contributed by atoms with Crippen LogP contribution in [0.2, 0.25) is 0 Å². The molecule has 2 N–H and O–H groups in total. The molecule has 0 aliphatic rings. The molecule has 124 valence electrons. The van der Waals surface area contributed by atoms with E-state index in [0.29, 0.717) is 11.3 Å². The number of hydrogen-bond acceptors (Lipinski definition) is 6. The Labute approximate surface area is 140 Å². The molecule has 9 heteroatoms. The number of ether oxygens (including phenoxy) is 1. The quantitative estimate of drug-likeness (QED) is 0.698. The van der Waals surface area contributed by atoms with Crippen molar-refractivity contribution in [2.75, 3.05) is 7.11 Å². The van der Waals surface area contributed by atoms with Crippen molar-refractivity contribution in [3.8, 4) is 5.75 Å². The first-order chi connectivity index (χ1) is 11.6. The Bertz CT molecular complexity index is 875. The third kappa shape index (κ3) is 3.20. The molecule has 3 aromatic rings. The minimum absolute atomic E-state index is 0.0787. The maximum absolute atomic E-state index is 12.4. The number of fused-ring (bicyclic) bond motifs is 1. The molecule has 3 rings (SSSR count). The van der Waals surface area contributed by atoms with Crippen LogP contribution in [0.15, 0.2) is 36.9 Å². The number of carbonyl (C=O) groups excluding carboxylic acids is 1. The van der Waals surface area contributed by atoms with E-state index in [1.54, 1.807) is 29.1 Å². The van der Waals surface area contributed by atoms with E-state index in [9.17, 15) is 14.7 Å². The van der Waals surface area contributed by atoms with Crippen LogP contribution in [-0.4, -0.2) is 44.7 Å². The smallest absolute Gasteiger partial charge is 0.328 e. The molecule has 8 nitrogen and oxygen atoms in total. The molecule has 1 unspecified atom stereocenters. The number of para-hydroxylation sites is 1. The van der Waals surface area contributed by atoms with Gasteiger partial charge in [0.2, 0.25) is 0 Å². The number of carboxylic acids is 1. The van der Waals surface area contributed by atoms with Crippen molar-refractivity contribution in [1.29, 1.82) is 0 Å². The number of methoxy groups -OCH3 is 1. The molecule has 24 heavy (non-hydrogen) atoms. The van der Waals surface area contributed by atoms with Gasteiger partial charge in [0.05, 0.1) is 24.7 Å². The van der Waals surface area contributed by atoms with E-state index in [0.717, 1.165) is 4.70 Å². The number of imidazole rings is 1. The molecule has 1 aromatic carbocycles. The Morgan fingerprint density at radius 3 is 2.96 bits per heavy atom. The fraction of sp³-hybridized carbons (Fsp3) is 0.200. The van der Waals surface area contributed by atoms with Gasteiger partial charge in [-0.1, -0.05) is 6.07 Å². The van der Waals surface area contributed by atoms with Gasteiger partial charge in [0.25, 0.3) is 5.91 Å². The fourth-order valence-corrected chi connectivity index (χ4v) is 3.08. The predicted molar refractivity (Wildman–Crippen MR) is 87.3 cm³/mol. The van der Waals surface area contributed by atoms with E-state index >= 15 is 0 Å². The van der Waals surface area contributed by atoms with Crippen molar-refractivity contribution in [2.24, 2.45) is 0 Å². The van der Waals surface area contributed by atoms with Gasteiger partial charge in [-0.25, -0.2) is 14.8 Å². The van der Waals surface area contributed by atoms with E-state index in [1.807, 2.05) is 6.07 Å². The van der Waals surface area contributed by atoms with Gasteiger partial charge in [-0.15, -0.1) is 11.3 Å². The Morgan fingerprint density at radius 2 is 2.29 bits per heavy atom. The van der Waals surface area contributed by atoms with Gasteiger partial charge in [-0.2, -0.15) is 0 Å². The highest BCUT2D eigenvalue weighted by atomic mass is 32.1. The number of nitrogens with one attached hydrogen (secondary N) is 1. The van der Waals surface area contributed by atoms with Gasteiger partial charge in [0.1, 0.15) is 17.3 Å². The van der Waals surface area contributed by atoms with Crippen molar-refractivity contribution in [1.82, 2.24) is 19.9 Å². The molecule has 0 aliphatic carbocycles. The minimum atomic E-state index is -1.13. The number of carbonyl (C=O) groups is 2. The molecule has 2 aromatic heterocycles. The number of benzene rings is 1. The Morgan fingerprint density at radius 1 is 1.46 bits per heavy atom. The summed E-state index contributed by atoms with van der Waals surface area (Å²) in [4.78, 5) is 31.9. The summed E-state index contributed by atoms with van der Waals surface area (Å²) >= 11 is 1.18. The highest BCUT2D eigenvalue weighted by molar-refractivity contribution is 7.20. The van der Waals surface area contributed by atoms with Gasteiger partial charge in [-0.3, -0.25) is 4.79 Å². The Balaban J connectivity index is 1.81. The second-order valence-corrected chi connectivity index (χ2v) is 5.98. The standard InChI is InChI=1S/C15H14N4O4S/c1-23-10-3-2-4-11-12(10)18-14(24-11)13(20)17-9(15(21)22)7-19-6-5-16-8-19/h2-6,8-9H,7H2,1H3,(H,17,20)(H,21,22). The van der Waals surface area contributed by atoms with Crippen LogP contribution in [0, 0.1) is 0 Å². The number of amides is 1. The van der Waals surface area contributed by atoms with Crippen molar-refractivity contribution in [3.63, 3.8) is 0 Å². The average Bonchev–Trinajstić information content (AvgIpc) is 3.22. The largest absolute Gasteiger partial charge is 0.494 e. The number of carboxylic acid groups (broad SMARTS) is 1. The summed E-state index contributed by atoms with van der Waals surface area (Å²) in [5.41, 5.74) is 0.580. The molecule has 1 atom stereocenters. The van der Waals surface area contributed by atoms with Crippen LogP contribution in [0.5, 0.6) is 5.75 Å². The van der Waals surface area contributed by atoms with Gasteiger partial charge in [-0.05, 0) is 12.1 Å². The lowest BCUT2D eigenvalue weighted by molar-refractivity contribution is -0.139. The zero-order valence-corrected chi connectivity index (χ0v) is 13.5. The molecule has 0 saturated carbocycles. The van der Waals surface area contributed by atoms with Crippen molar-refractivity contribution < 1.29 is 19.4 Å². The van der Waals surface area contributed by atoms with Crippen molar-refractivity contribution >= 4 is 33.4 Å². The highest BCUT2D eigenvalue weighted by Gasteiger charge is 2.23. The number of rotatable bonds is 6. The summed E-state index contributed by atoms with van der Waals surface area (Å²) in [5, 5.41) is 12.0. The predicted octanol–water partition coefficient (Wildman–Crippen LogP) is 1.38. The first-order valence-electron chi connectivity index (χ1n) is 7.01. The molecule has 0 radical (unpaired) electrons. The summed E-state index contributed by atoms with van der Waals surface area (Å²) in [5.74, 6) is -1.10. The van der Waals surface area contributed by atoms with Gasteiger partial charge < -0.3 is 19.7 Å². The maximum atomic E-state index is 12.4. The average molecular weight is 346 g/mol. The van der Waals surface area contributed by atoms with Gasteiger partial charge >= 0.3 is 5.97 Å². The lowest BCUT2D eigenvalue weighted by atomic mass is 10.3. The molecule has 0 saturated heterocycles. The molecule has 0 aliphatic heterocycles. The monoisotopic (exact) mass is 346 g/mol. The van der Waals surface area contributed by atoms with E-state index in [4.69, 9.17) is 4.74 Å². The van der Waals surface area contributed by atoms with Crippen LogP contribution in [0.4, 0.5) is 0 Å². The normalized spacial score (nSPS) is 12.0. The summed E-state index contributed by atoms with van der Waals surface area (Å²) < 4.78 is 7.59. The molecular weight excluding hydrogens is 332 g/mol. The van der Waals surface area contributed by atoms with Gasteiger partial charge in [0, 0.05) is 12.4 Å². The number of nitrogens with zero attached hydrogens (tertiary/aromatic N) is 3. The molecular formula is C15H14N4O4S. The van der Waals surface area contributed by atoms with E-state index in [1.165, 1.54) is 24.8 Å². The number of thiazole rings is 1. The third-order valence-electron chi connectivity index (χ3n) is 3.35. The van der Waals surface area contributed by atoms with Gasteiger partial charge in [0.15, 0.2) is 5.01 Å². The van der Waals surface area contributed by atoms with Crippen LogP contribution < -0.4 is 10.1 Å². The topological polar surface area (TPSA) is 106 Å². The maximum Gasteiger partial charge on any atom is 0.328 e. The second-order valence-electron chi connectivity index (χ2n) is 4.95. The lowest BCUT2D eigenvalue weighted by Crippen LogP contribution is -2.43. The van der Waals surface area contributed by atoms with Crippen LogP contribution in [0.1, 0.15) is 9.80 Å². The SMILES string of the molecule is COc1cccc2sc(C(=O)NC(Cn3ccnc3)C(=O)O)nc12. The Kier molecular flexibility index (Phi) is 4.43. The summed E-state index contributed by atoms with van der Waals surface area (Å²) in [6.45, 7) is 0.0787. The second kappa shape index (κ2) is 6.67. The lowest BCUT2D eigenvalue weighted by Gasteiger charge is -2.13. The summed E-state index contributed by atoms with van der Waals surface area (Å²) in [6, 6.07) is 4.30. The molecule has 2 heterocycles. The van der Waals surface area contributed by atoms with E-state index in [2.05, 4.69) is 15.3 Å². The van der Waals surface area contributed by atoms with Crippen molar-refractivity contribution in [2.45, 2.75) is 12.6 Å². The fourth-order valence-electron chi connectivity index (χ4n) is 2.20. The van der Waals surface area contributed by atoms with Crippen LogP contribution in [0.25, 0.3) is 10.2 Å². The molecule has 0 spiro atoms. The summed E-state index contributed by atoms with van der Waals surface area (Å²) in [6.07, 6.45) is 4.66. The summed E-state index contributed by atoms with van der Waals surface area (Å²) in [7, 11) is 1.53. The number of hydrogen-bond donors (Lipinski definition) is 2. The van der Waals surface area contributed by atoms with Crippen LogP contribution in [0.3, 0.4) is 0 Å². The van der Waals surface area contributed by atoms with Crippen LogP contribution >= 0.6 is 11.3 Å². The van der Waals surface area contributed by atoms with Crippen LogP contribution in [-0.2, 0) is 11.3 Å². The molecule has 1 amide bonds. The zero-order valence-electron chi connectivity index (χ0n) is 12.7. The van der Waals surface area contributed by atoms with Crippen molar-refractivity contribution in [3.05, 3.63) is 41.9 Å². The first kappa shape index (κ1) is 15.9. The van der Waals surface area contributed by atoms with E-state index < -0.39 is 17.9 Å².